The molecule has 0 saturated carbocycles. The summed E-state index contributed by atoms with van der Waals surface area (Å²) in [7, 11) is 0. The standard InChI is InChI=1S/2C3H8.5FH/c2*1-3-2;;;;;/h2*3H2,1-2H3;5*1H. The first-order valence-electron chi connectivity index (χ1n) is 2.83. The van der Waals surface area contributed by atoms with Crippen molar-refractivity contribution in [1.82, 2.24) is 0 Å². The lowest BCUT2D eigenvalue weighted by Crippen LogP contribution is -1.27. The SMILES string of the molecule is CCC.CCC.F.F.F.F.F. The Labute approximate surface area is 65.2 Å². The highest BCUT2D eigenvalue weighted by Gasteiger charge is 1.36. The first-order chi connectivity index (χ1) is 2.83. The van der Waals surface area contributed by atoms with Crippen molar-refractivity contribution in [1.29, 1.82) is 0 Å². The van der Waals surface area contributed by atoms with E-state index in [4.69, 9.17) is 0 Å². The van der Waals surface area contributed by atoms with Crippen molar-refractivity contribution in [3.63, 3.8) is 0 Å². The molecule has 0 N–H and O–H groups in total. The molecule has 0 atom stereocenters. The molecule has 0 nitrogen and oxygen atoms in total. The Morgan fingerprint density at radius 3 is 0.455 bits per heavy atom. The first-order valence-corrected chi connectivity index (χ1v) is 2.83. The quantitative estimate of drug-likeness (QED) is 0.509. The summed E-state index contributed by atoms with van der Waals surface area (Å²) in [6.45, 7) is 8.50. The van der Waals surface area contributed by atoms with E-state index in [1.165, 1.54) is 12.8 Å². The summed E-state index contributed by atoms with van der Waals surface area (Å²) in [5.74, 6) is 0. The van der Waals surface area contributed by atoms with Crippen LogP contribution in [-0.4, -0.2) is 0 Å². The van der Waals surface area contributed by atoms with Crippen LogP contribution in [0.25, 0.3) is 0 Å². The van der Waals surface area contributed by atoms with Gasteiger partial charge in [-0.05, 0) is 0 Å². The Hall–Kier alpha value is -0.350. The Kier molecular flexibility index (Phi) is 1790. The van der Waals surface area contributed by atoms with Gasteiger partial charge in [-0.2, -0.15) is 0 Å². The molecule has 0 spiro atoms. The van der Waals surface area contributed by atoms with Crippen LogP contribution >= 0.6 is 0 Å². The highest BCUT2D eigenvalue weighted by atomic mass is 19.0. The molecular weight excluding hydrogens is 167 g/mol. The molecule has 0 heterocycles. The van der Waals surface area contributed by atoms with Crippen molar-refractivity contribution in [2.45, 2.75) is 40.5 Å². The van der Waals surface area contributed by atoms with Gasteiger partial charge in [-0.25, -0.2) is 0 Å². The maximum atomic E-state index is 2.12. The molecule has 0 rings (SSSR count). The van der Waals surface area contributed by atoms with Crippen LogP contribution in [0.15, 0.2) is 0 Å². The summed E-state index contributed by atoms with van der Waals surface area (Å²) in [5, 5.41) is 0. The lowest BCUT2D eigenvalue weighted by molar-refractivity contribution is 1.09. The predicted octanol–water partition coefficient (Wildman–Crippen LogP) is 3.60. The summed E-state index contributed by atoms with van der Waals surface area (Å²) in [5.41, 5.74) is 0. The summed E-state index contributed by atoms with van der Waals surface area (Å²) < 4.78 is 0. The fraction of sp³-hybridized carbons (Fsp3) is 1.00. The topological polar surface area (TPSA) is 0 Å². The monoisotopic (exact) mass is 188 g/mol. The fourth-order valence-corrected chi connectivity index (χ4v) is 0. The van der Waals surface area contributed by atoms with Crippen LogP contribution in [0.5, 0.6) is 0 Å². The van der Waals surface area contributed by atoms with Gasteiger partial charge in [0, 0.05) is 0 Å². The molecule has 0 aromatic heterocycles. The van der Waals surface area contributed by atoms with Crippen LogP contribution in [-0.2, 0) is 0 Å². The predicted molar refractivity (Wildman–Crippen MR) is 44.4 cm³/mol. The molecule has 0 bridgehead atoms. The molecular formula is C6H21F5. The third kappa shape index (κ3) is 4610. The molecule has 80 valence electrons. The Morgan fingerprint density at radius 2 is 0.455 bits per heavy atom. The highest BCUT2D eigenvalue weighted by Crippen LogP contribution is 1.56. The van der Waals surface area contributed by atoms with Gasteiger partial charge in [-0.15, -0.1) is 0 Å². The summed E-state index contributed by atoms with van der Waals surface area (Å²) >= 11 is 0. The van der Waals surface area contributed by atoms with E-state index in [-0.39, 0.29) is 23.5 Å². The minimum absolute atomic E-state index is 0. The lowest BCUT2D eigenvalue weighted by Gasteiger charge is -1.48. The number of halogens is 5. The van der Waals surface area contributed by atoms with E-state index in [1.54, 1.807) is 0 Å². The Balaban J connectivity index is -0.00000000400. The third-order valence-corrected chi connectivity index (χ3v) is 0. The second-order valence-electron chi connectivity index (χ2n) is 1.41. The molecule has 0 unspecified atom stereocenters. The van der Waals surface area contributed by atoms with Crippen molar-refractivity contribution < 1.29 is 23.5 Å². The zero-order valence-corrected chi connectivity index (χ0v) is 7.46. The zero-order valence-electron chi connectivity index (χ0n) is 7.46. The van der Waals surface area contributed by atoms with Crippen molar-refractivity contribution in [2.75, 3.05) is 0 Å². The zero-order chi connectivity index (χ0) is 5.41. The smallest absolute Gasteiger partial charge is 0.0590 e. The van der Waals surface area contributed by atoms with Gasteiger partial charge in [0.1, 0.15) is 0 Å². The average molecular weight is 188 g/mol. The third-order valence-electron chi connectivity index (χ3n) is 0. The largest absolute Gasteiger partial charge is 0.269 e. The van der Waals surface area contributed by atoms with Crippen LogP contribution in [0.4, 0.5) is 23.5 Å². The van der Waals surface area contributed by atoms with Crippen LogP contribution in [0.3, 0.4) is 0 Å². The van der Waals surface area contributed by atoms with Gasteiger partial charge < -0.3 is 0 Å². The first kappa shape index (κ1) is 74.4. The minimum atomic E-state index is 0. The van der Waals surface area contributed by atoms with Gasteiger partial charge in [0.05, 0.1) is 0 Å². The van der Waals surface area contributed by atoms with E-state index in [9.17, 15) is 0 Å². The van der Waals surface area contributed by atoms with Crippen LogP contribution in [0.1, 0.15) is 40.5 Å². The van der Waals surface area contributed by atoms with Crippen molar-refractivity contribution >= 4 is 0 Å². The molecule has 5 heteroatoms. The van der Waals surface area contributed by atoms with E-state index >= 15 is 0 Å². The molecule has 0 amide bonds. The minimum Gasteiger partial charge on any atom is -0.269 e. The van der Waals surface area contributed by atoms with Crippen molar-refractivity contribution in [3.05, 3.63) is 0 Å². The second-order valence-corrected chi connectivity index (χ2v) is 1.41. The van der Waals surface area contributed by atoms with E-state index in [0.29, 0.717) is 0 Å². The Morgan fingerprint density at radius 1 is 0.455 bits per heavy atom. The van der Waals surface area contributed by atoms with Gasteiger partial charge >= 0.3 is 0 Å². The molecule has 0 aliphatic heterocycles. The molecule has 0 radical (unpaired) electrons. The van der Waals surface area contributed by atoms with Gasteiger partial charge in [0.25, 0.3) is 0 Å². The molecule has 0 aliphatic rings. The van der Waals surface area contributed by atoms with Crippen molar-refractivity contribution in [3.8, 4) is 0 Å². The van der Waals surface area contributed by atoms with E-state index in [0.717, 1.165) is 0 Å². The maximum absolute atomic E-state index is 2.12. The highest BCUT2D eigenvalue weighted by molar-refractivity contribution is 3.92. The molecule has 0 aromatic carbocycles. The molecule has 11 heavy (non-hydrogen) atoms. The van der Waals surface area contributed by atoms with E-state index in [2.05, 4.69) is 27.7 Å². The molecule has 0 fully saturated rings. The second kappa shape index (κ2) is 265. The lowest BCUT2D eigenvalue weighted by atomic mass is 10.6. The summed E-state index contributed by atoms with van der Waals surface area (Å²) in [6, 6.07) is 0. The van der Waals surface area contributed by atoms with E-state index < -0.39 is 0 Å². The number of hydrogen-bond donors (Lipinski definition) is 0. The van der Waals surface area contributed by atoms with E-state index in [1.807, 2.05) is 0 Å². The molecule has 0 aromatic rings. The normalized spacial score (nSPS) is 3.27. The van der Waals surface area contributed by atoms with Crippen LogP contribution in [0.2, 0.25) is 0 Å². The van der Waals surface area contributed by atoms with Gasteiger partial charge in [-0.1, -0.05) is 40.5 Å². The van der Waals surface area contributed by atoms with Crippen molar-refractivity contribution in [2.24, 2.45) is 0 Å². The summed E-state index contributed by atoms with van der Waals surface area (Å²) in [4.78, 5) is 0. The van der Waals surface area contributed by atoms with Gasteiger partial charge in [0.2, 0.25) is 0 Å². The maximum Gasteiger partial charge on any atom is -0.0590 e. The number of rotatable bonds is 0. The van der Waals surface area contributed by atoms with Gasteiger partial charge in [-0.3, -0.25) is 23.5 Å². The molecule has 0 aliphatic carbocycles. The fourth-order valence-electron chi connectivity index (χ4n) is 0. The van der Waals surface area contributed by atoms with Crippen LogP contribution < -0.4 is 0 Å². The average Bonchev–Trinajstić information content (AvgIpc) is 1.39. The number of hydrogen-bond acceptors (Lipinski definition) is 0. The van der Waals surface area contributed by atoms with Crippen LogP contribution in [0, 0.1) is 0 Å². The van der Waals surface area contributed by atoms with Gasteiger partial charge in [0.15, 0.2) is 0 Å². The Bertz CT molecular complexity index is 12.9. The molecule has 0 saturated heterocycles. The summed E-state index contributed by atoms with van der Waals surface area (Å²) in [6.07, 6.45) is 2.50.